The molecule has 2 aromatic carbocycles. The van der Waals surface area contributed by atoms with Gasteiger partial charge >= 0.3 is 0 Å². The number of nitrogens with one attached hydrogen (secondary N) is 1. The van der Waals surface area contributed by atoms with Gasteiger partial charge in [-0.25, -0.2) is 4.98 Å². The van der Waals surface area contributed by atoms with Gasteiger partial charge in [-0.3, -0.25) is 4.79 Å². The van der Waals surface area contributed by atoms with Crippen molar-refractivity contribution in [2.75, 3.05) is 29.9 Å². The van der Waals surface area contributed by atoms with Gasteiger partial charge in [0.2, 0.25) is 11.9 Å². The fraction of sp³-hybridized carbons (Fsp3) is 0.379. The molecule has 4 aromatic rings. The van der Waals surface area contributed by atoms with E-state index in [4.69, 9.17) is 21.4 Å². The summed E-state index contributed by atoms with van der Waals surface area (Å²) >= 11 is 0. The molecule has 1 saturated carbocycles. The Morgan fingerprint density at radius 3 is 2.19 bits per heavy atom. The number of aromatic nitrogens is 4. The van der Waals surface area contributed by atoms with Gasteiger partial charge in [-0.15, -0.1) is 24.8 Å². The van der Waals surface area contributed by atoms with Crippen molar-refractivity contribution < 1.29 is 15.0 Å². The van der Waals surface area contributed by atoms with Crippen LogP contribution in [0, 0.1) is 5.92 Å². The highest BCUT2D eigenvalue weighted by Gasteiger charge is 2.45. The van der Waals surface area contributed by atoms with Gasteiger partial charge in [-0.05, 0) is 24.0 Å². The van der Waals surface area contributed by atoms with Crippen molar-refractivity contribution in [1.82, 2.24) is 19.5 Å². The molecule has 1 amide bonds. The topological polar surface area (TPSA) is 168 Å². The zero-order valence-corrected chi connectivity index (χ0v) is 24.5. The molecule has 2 aromatic heterocycles. The molecule has 2 aliphatic rings. The SMILES string of the molecule is Cl.Cl.NC(=O)[C@H]1C[C@@H](n2cnc3c(NCC(c4ccccc4)c4ccccc4)nc(N4CC[C@@H](N)C4)nc32)[C@H](O)[C@@H]1O. The molecule has 7 N–H and O–H groups in total. The third kappa shape index (κ3) is 6.02. The van der Waals surface area contributed by atoms with E-state index in [1.165, 1.54) is 11.1 Å². The highest BCUT2D eigenvalue weighted by Crippen LogP contribution is 2.38. The molecule has 11 nitrogen and oxygen atoms in total. The number of aliphatic hydroxyl groups is 2. The number of hydrogen-bond donors (Lipinski definition) is 5. The molecule has 1 saturated heterocycles. The third-order valence-electron chi connectivity index (χ3n) is 8.17. The van der Waals surface area contributed by atoms with Crippen molar-refractivity contribution in [3.05, 3.63) is 78.1 Å². The maximum absolute atomic E-state index is 11.9. The second-order valence-electron chi connectivity index (χ2n) is 10.7. The lowest BCUT2D eigenvalue weighted by Gasteiger charge is -2.22. The number of benzene rings is 2. The minimum absolute atomic E-state index is 0. The Kier molecular flexibility index (Phi) is 9.90. The largest absolute Gasteiger partial charge is 0.390 e. The molecule has 5 atom stereocenters. The molecule has 3 heterocycles. The average Bonchev–Trinajstić information content (AvgIpc) is 3.67. The van der Waals surface area contributed by atoms with E-state index in [-0.39, 0.29) is 43.2 Å². The first-order valence-corrected chi connectivity index (χ1v) is 13.6. The molecule has 2 fully saturated rings. The number of carbonyl (C=O) groups excluding carboxylic acids is 1. The minimum atomic E-state index is -1.26. The molecule has 6 rings (SSSR count). The number of hydrogen-bond acceptors (Lipinski definition) is 9. The van der Waals surface area contributed by atoms with Gasteiger partial charge in [0.05, 0.1) is 24.4 Å². The fourth-order valence-electron chi connectivity index (χ4n) is 5.95. The van der Waals surface area contributed by atoms with E-state index >= 15 is 0 Å². The summed E-state index contributed by atoms with van der Waals surface area (Å²) in [6.07, 6.45) is 0.156. The van der Waals surface area contributed by atoms with Gasteiger partial charge in [0.15, 0.2) is 17.0 Å². The van der Waals surface area contributed by atoms with Crippen LogP contribution >= 0.6 is 24.8 Å². The number of aliphatic hydroxyl groups excluding tert-OH is 2. The molecule has 0 spiro atoms. The van der Waals surface area contributed by atoms with Crippen molar-refractivity contribution in [2.24, 2.45) is 17.4 Å². The van der Waals surface area contributed by atoms with Gasteiger partial charge in [0.25, 0.3) is 0 Å². The Morgan fingerprint density at radius 1 is 1.00 bits per heavy atom. The number of rotatable bonds is 8. The first-order valence-electron chi connectivity index (χ1n) is 13.6. The minimum Gasteiger partial charge on any atom is -0.390 e. The molecular weight excluding hydrogens is 579 g/mol. The molecular formula is C29H36Cl2N8O3. The predicted molar refractivity (Wildman–Crippen MR) is 166 cm³/mol. The maximum atomic E-state index is 11.9. The van der Waals surface area contributed by atoms with Crippen LogP contribution in [-0.2, 0) is 4.79 Å². The normalized spacial score (nSPS) is 23.5. The summed E-state index contributed by atoms with van der Waals surface area (Å²) in [6.45, 7) is 1.91. The zero-order valence-electron chi connectivity index (χ0n) is 22.9. The van der Waals surface area contributed by atoms with E-state index in [0.717, 1.165) is 13.0 Å². The van der Waals surface area contributed by atoms with E-state index < -0.39 is 30.1 Å². The number of carbonyl (C=O) groups is 1. The maximum Gasteiger partial charge on any atom is 0.229 e. The average molecular weight is 616 g/mol. The summed E-state index contributed by atoms with van der Waals surface area (Å²) in [5, 5.41) is 24.9. The predicted octanol–water partition coefficient (Wildman–Crippen LogP) is 2.22. The van der Waals surface area contributed by atoms with Gasteiger partial charge in [-0.1, -0.05) is 60.7 Å². The summed E-state index contributed by atoms with van der Waals surface area (Å²) in [5.41, 5.74) is 15.1. The van der Waals surface area contributed by atoms with Crippen LogP contribution in [0.3, 0.4) is 0 Å². The van der Waals surface area contributed by atoms with E-state index in [1.54, 1.807) is 10.9 Å². The van der Waals surface area contributed by atoms with Crippen LogP contribution in [0.25, 0.3) is 11.2 Å². The second kappa shape index (κ2) is 13.2. The number of nitrogens with zero attached hydrogens (tertiary/aromatic N) is 5. The summed E-state index contributed by atoms with van der Waals surface area (Å²) < 4.78 is 1.73. The van der Waals surface area contributed by atoms with Crippen LogP contribution in [0.4, 0.5) is 11.8 Å². The van der Waals surface area contributed by atoms with Gasteiger partial charge in [0.1, 0.15) is 6.10 Å². The van der Waals surface area contributed by atoms with Crippen LogP contribution in [-0.4, -0.2) is 73.5 Å². The number of primary amides is 1. The second-order valence-corrected chi connectivity index (χ2v) is 10.7. The standard InChI is InChI=1S/C29H34N8O3.2ClH/c30-19-11-12-36(15-19)29-34-27(32-14-21(17-7-3-1-4-8-17)18-9-5-2-6-10-18)23-28(35-29)37(16-33-23)22-13-20(26(31)40)24(38)25(22)39;;/h1-10,16,19-22,24-25,38-39H,11-15,30H2,(H2,31,40)(H,32,34,35);2*1H/t19-,20+,22-,24-,25+;;/m1../s1. The fourth-order valence-corrected chi connectivity index (χ4v) is 5.95. The third-order valence-corrected chi connectivity index (χ3v) is 8.17. The number of nitrogens with two attached hydrogens (primary N) is 2. The zero-order chi connectivity index (χ0) is 27.8. The van der Waals surface area contributed by atoms with Crippen molar-refractivity contribution in [2.45, 2.75) is 43.1 Å². The number of halogens is 2. The van der Waals surface area contributed by atoms with E-state index in [1.807, 2.05) is 41.3 Å². The summed E-state index contributed by atoms with van der Waals surface area (Å²) in [6, 6.07) is 20.0. The van der Waals surface area contributed by atoms with Crippen LogP contribution < -0.4 is 21.7 Å². The quantitative estimate of drug-likeness (QED) is 0.200. The van der Waals surface area contributed by atoms with Crippen LogP contribution in [0.1, 0.15) is 35.9 Å². The number of imidazole rings is 1. The molecule has 1 aliphatic carbocycles. The molecule has 42 heavy (non-hydrogen) atoms. The Morgan fingerprint density at radius 2 is 1.64 bits per heavy atom. The Labute approximate surface area is 256 Å². The van der Waals surface area contributed by atoms with Gasteiger partial charge in [0, 0.05) is 31.6 Å². The number of anilines is 2. The van der Waals surface area contributed by atoms with Gasteiger partial charge < -0.3 is 36.5 Å². The monoisotopic (exact) mass is 614 g/mol. The van der Waals surface area contributed by atoms with E-state index in [2.05, 4.69) is 34.6 Å². The molecule has 1 aliphatic heterocycles. The molecule has 0 bridgehead atoms. The lowest BCUT2D eigenvalue weighted by atomic mass is 9.91. The van der Waals surface area contributed by atoms with Gasteiger partial charge in [-0.2, -0.15) is 9.97 Å². The van der Waals surface area contributed by atoms with Crippen molar-refractivity contribution in [3.63, 3.8) is 0 Å². The summed E-state index contributed by atoms with van der Waals surface area (Å²) in [4.78, 5) is 28.3. The van der Waals surface area contributed by atoms with Crippen molar-refractivity contribution in [3.8, 4) is 0 Å². The first kappa shape index (κ1) is 31.5. The van der Waals surface area contributed by atoms with Crippen LogP contribution in [0.15, 0.2) is 67.0 Å². The van der Waals surface area contributed by atoms with E-state index in [0.29, 0.717) is 36.0 Å². The van der Waals surface area contributed by atoms with Crippen LogP contribution in [0.2, 0.25) is 0 Å². The Balaban J connectivity index is 0.00000202. The number of fused-ring (bicyclic) bond motifs is 1. The lowest BCUT2D eigenvalue weighted by Crippen LogP contribution is -2.35. The molecule has 0 radical (unpaired) electrons. The first-order chi connectivity index (χ1) is 19.4. The molecule has 13 heteroatoms. The smallest absolute Gasteiger partial charge is 0.229 e. The van der Waals surface area contributed by atoms with Crippen molar-refractivity contribution in [1.29, 1.82) is 0 Å². The molecule has 224 valence electrons. The highest BCUT2D eigenvalue weighted by molar-refractivity contribution is 5.86. The molecule has 0 unspecified atom stereocenters. The Hall–Kier alpha value is -3.48. The lowest BCUT2D eigenvalue weighted by molar-refractivity contribution is -0.125. The van der Waals surface area contributed by atoms with E-state index in [9.17, 15) is 15.0 Å². The summed E-state index contributed by atoms with van der Waals surface area (Å²) in [7, 11) is 0. The van der Waals surface area contributed by atoms with Crippen molar-refractivity contribution >= 4 is 53.7 Å². The van der Waals surface area contributed by atoms with Crippen LogP contribution in [0.5, 0.6) is 0 Å². The summed E-state index contributed by atoms with van der Waals surface area (Å²) in [5.74, 6) is -0.363. The number of amides is 1. The Bertz CT molecular complexity index is 1450. The highest BCUT2D eigenvalue weighted by atomic mass is 35.5.